The predicted octanol–water partition coefficient (Wildman–Crippen LogP) is 3.32. The van der Waals surface area contributed by atoms with E-state index in [1.807, 2.05) is 49.4 Å². The highest BCUT2D eigenvalue weighted by Gasteiger charge is 2.21. The largest absolute Gasteiger partial charge is 0.508 e. The van der Waals surface area contributed by atoms with Crippen LogP contribution in [-0.4, -0.2) is 21.1 Å². The van der Waals surface area contributed by atoms with Crippen LogP contribution in [0.3, 0.4) is 0 Å². The smallest absolute Gasteiger partial charge is 0.186 e. The van der Waals surface area contributed by atoms with Crippen molar-refractivity contribution in [2.24, 2.45) is 0 Å². The van der Waals surface area contributed by atoms with Crippen LogP contribution in [0.4, 0.5) is 0 Å². The van der Waals surface area contributed by atoms with E-state index in [-0.39, 0.29) is 6.42 Å². The van der Waals surface area contributed by atoms with Crippen LogP contribution in [0.5, 0.6) is 5.75 Å². The molecule has 0 aromatic heterocycles. The molecule has 0 heterocycles. The van der Waals surface area contributed by atoms with E-state index in [1.54, 1.807) is 12.1 Å². The Bertz CT molecular complexity index is 785. The molecule has 3 rings (SSSR count). The third-order valence-electron chi connectivity index (χ3n) is 4.10. The van der Waals surface area contributed by atoms with Gasteiger partial charge in [-0.05, 0) is 41.3 Å². The SMILES string of the molecule is Cc1ccc(O)c(Cc2ccccc2C2=CCC(O)(O)C=C2)c1. The second-order valence-electron chi connectivity index (χ2n) is 6.04. The average molecular weight is 308 g/mol. The van der Waals surface area contributed by atoms with E-state index in [0.717, 1.165) is 27.8 Å². The molecule has 2 aromatic carbocycles. The van der Waals surface area contributed by atoms with Gasteiger partial charge in [0.1, 0.15) is 5.75 Å². The third-order valence-corrected chi connectivity index (χ3v) is 4.10. The van der Waals surface area contributed by atoms with Gasteiger partial charge in [0.05, 0.1) is 0 Å². The molecule has 0 saturated carbocycles. The topological polar surface area (TPSA) is 60.7 Å². The summed E-state index contributed by atoms with van der Waals surface area (Å²) in [6.45, 7) is 2.00. The van der Waals surface area contributed by atoms with Gasteiger partial charge < -0.3 is 15.3 Å². The van der Waals surface area contributed by atoms with E-state index in [9.17, 15) is 15.3 Å². The number of rotatable bonds is 3. The van der Waals surface area contributed by atoms with Gasteiger partial charge in [0.25, 0.3) is 0 Å². The van der Waals surface area contributed by atoms with Crippen LogP contribution in [-0.2, 0) is 6.42 Å². The lowest BCUT2D eigenvalue weighted by Gasteiger charge is -2.21. The molecule has 3 nitrogen and oxygen atoms in total. The number of aliphatic hydroxyl groups is 2. The minimum Gasteiger partial charge on any atom is -0.508 e. The summed E-state index contributed by atoms with van der Waals surface area (Å²) in [6, 6.07) is 13.6. The fourth-order valence-electron chi connectivity index (χ4n) is 2.84. The first kappa shape index (κ1) is 15.5. The second-order valence-corrected chi connectivity index (χ2v) is 6.04. The normalized spacial score (nSPS) is 16.2. The summed E-state index contributed by atoms with van der Waals surface area (Å²) in [4.78, 5) is 0. The molecule has 0 radical (unpaired) electrons. The summed E-state index contributed by atoms with van der Waals surface area (Å²) in [5.41, 5.74) is 5.09. The molecule has 0 atom stereocenters. The van der Waals surface area contributed by atoms with Gasteiger partial charge in [0.15, 0.2) is 5.79 Å². The predicted molar refractivity (Wildman–Crippen MR) is 91.0 cm³/mol. The number of aryl methyl sites for hydroxylation is 1. The highest BCUT2D eigenvalue weighted by atomic mass is 16.5. The van der Waals surface area contributed by atoms with Crippen molar-refractivity contribution in [1.29, 1.82) is 0 Å². The molecule has 0 spiro atoms. The Balaban J connectivity index is 1.95. The molecule has 0 fully saturated rings. The minimum atomic E-state index is -1.76. The Morgan fingerprint density at radius 1 is 1.04 bits per heavy atom. The molecule has 2 aromatic rings. The second kappa shape index (κ2) is 6.03. The number of aromatic hydroxyl groups is 1. The Labute approximate surface area is 135 Å². The van der Waals surface area contributed by atoms with E-state index in [1.165, 1.54) is 6.08 Å². The molecular weight excluding hydrogens is 288 g/mol. The van der Waals surface area contributed by atoms with Crippen molar-refractivity contribution in [2.75, 3.05) is 0 Å². The van der Waals surface area contributed by atoms with E-state index in [2.05, 4.69) is 0 Å². The molecule has 0 amide bonds. The molecule has 1 aliphatic rings. The van der Waals surface area contributed by atoms with Gasteiger partial charge in [-0.25, -0.2) is 0 Å². The number of hydrogen-bond donors (Lipinski definition) is 3. The van der Waals surface area contributed by atoms with Crippen LogP contribution < -0.4 is 0 Å². The number of phenols is 1. The standard InChI is InChI=1S/C20H20O3/c1-14-6-7-19(21)17(12-14)13-16-4-2-3-5-18(16)15-8-10-20(22,23)11-9-15/h2-10,12,21-23H,11,13H2,1H3. The lowest BCUT2D eigenvalue weighted by molar-refractivity contribution is -0.114. The molecule has 118 valence electrons. The first-order chi connectivity index (χ1) is 10.9. The van der Waals surface area contributed by atoms with Crippen molar-refractivity contribution < 1.29 is 15.3 Å². The van der Waals surface area contributed by atoms with Gasteiger partial charge in [0.2, 0.25) is 0 Å². The van der Waals surface area contributed by atoms with Crippen LogP contribution in [0.15, 0.2) is 60.7 Å². The summed E-state index contributed by atoms with van der Waals surface area (Å²) in [7, 11) is 0. The van der Waals surface area contributed by atoms with Crippen molar-refractivity contribution in [1.82, 2.24) is 0 Å². The molecule has 3 heteroatoms. The number of hydrogen-bond acceptors (Lipinski definition) is 3. The molecule has 1 aliphatic carbocycles. The van der Waals surface area contributed by atoms with Crippen molar-refractivity contribution >= 4 is 5.57 Å². The van der Waals surface area contributed by atoms with Crippen LogP contribution in [0.2, 0.25) is 0 Å². The van der Waals surface area contributed by atoms with Crippen LogP contribution in [0.1, 0.15) is 28.7 Å². The first-order valence-electron chi connectivity index (χ1n) is 7.65. The van der Waals surface area contributed by atoms with Crippen molar-refractivity contribution in [3.63, 3.8) is 0 Å². The van der Waals surface area contributed by atoms with E-state index in [4.69, 9.17) is 0 Å². The van der Waals surface area contributed by atoms with Crippen LogP contribution >= 0.6 is 0 Å². The molecule has 0 bridgehead atoms. The summed E-state index contributed by atoms with van der Waals surface area (Å²) < 4.78 is 0. The van der Waals surface area contributed by atoms with E-state index >= 15 is 0 Å². The highest BCUT2D eigenvalue weighted by molar-refractivity contribution is 5.77. The monoisotopic (exact) mass is 308 g/mol. The Hall–Kier alpha value is -2.36. The number of phenolic OH excluding ortho intramolecular Hbond substituents is 1. The summed E-state index contributed by atoms with van der Waals surface area (Å²) >= 11 is 0. The van der Waals surface area contributed by atoms with Gasteiger partial charge in [-0.15, -0.1) is 0 Å². The fourth-order valence-corrected chi connectivity index (χ4v) is 2.84. The Kier molecular flexibility index (Phi) is 4.07. The van der Waals surface area contributed by atoms with Crippen molar-refractivity contribution in [3.8, 4) is 5.75 Å². The summed E-state index contributed by atoms with van der Waals surface area (Å²) in [5, 5.41) is 29.3. The maximum absolute atomic E-state index is 10.1. The quantitative estimate of drug-likeness (QED) is 0.762. The maximum atomic E-state index is 10.1. The molecule has 0 saturated heterocycles. The first-order valence-corrected chi connectivity index (χ1v) is 7.65. The van der Waals surface area contributed by atoms with Gasteiger partial charge in [-0.2, -0.15) is 0 Å². The zero-order chi connectivity index (χ0) is 16.4. The minimum absolute atomic E-state index is 0.170. The highest BCUT2D eigenvalue weighted by Crippen LogP contribution is 2.30. The number of benzene rings is 2. The Morgan fingerprint density at radius 2 is 1.83 bits per heavy atom. The zero-order valence-corrected chi connectivity index (χ0v) is 13.0. The van der Waals surface area contributed by atoms with Gasteiger partial charge >= 0.3 is 0 Å². The lowest BCUT2D eigenvalue weighted by Crippen LogP contribution is -2.25. The van der Waals surface area contributed by atoms with Crippen LogP contribution in [0.25, 0.3) is 5.57 Å². The molecule has 0 unspecified atom stereocenters. The Morgan fingerprint density at radius 3 is 2.57 bits per heavy atom. The average Bonchev–Trinajstić information content (AvgIpc) is 2.52. The summed E-state index contributed by atoms with van der Waals surface area (Å²) in [5.74, 6) is -1.46. The molecule has 3 N–H and O–H groups in total. The molecular formula is C20H20O3. The zero-order valence-electron chi connectivity index (χ0n) is 13.0. The van der Waals surface area contributed by atoms with Crippen molar-refractivity contribution in [2.45, 2.75) is 25.6 Å². The van der Waals surface area contributed by atoms with Gasteiger partial charge in [-0.1, -0.05) is 54.1 Å². The van der Waals surface area contributed by atoms with E-state index < -0.39 is 5.79 Å². The fraction of sp³-hybridized carbons (Fsp3) is 0.200. The van der Waals surface area contributed by atoms with Gasteiger partial charge in [-0.3, -0.25) is 0 Å². The third kappa shape index (κ3) is 3.52. The van der Waals surface area contributed by atoms with E-state index in [0.29, 0.717) is 12.2 Å². The molecule has 0 aliphatic heterocycles. The van der Waals surface area contributed by atoms with Gasteiger partial charge in [0, 0.05) is 12.8 Å². The van der Waals surface area contributed by atoms with Crippen molar-refractivity contribution in [3.05, 3.63) is 82.9 Å². The lowest BCUT2D eigenvalue weighted by atomic mass is 9.90. The number of allylic oxidation sites excluding steroid dienone is 2. The summed E-state index contributed by atoms with van der Waals surface area (Å²) in [6.07, 6.45) is 5.76. The molecule has 23 heavy (non-hydrogen) atoms. The van der Waals surface area contributed by atoms with Crippen LogP contribution in [0, 0.1) is 6.92 Å². The maximum Gasteiger partial charge on any atom is 0.186 e.